The van der Waals surface area contributed by atoms with Crippen molar-refractivity contribution in [2.45, 2.75) is 26.3 Å². The molecule has 88 valence electrons. The first-order valence-corrected chi connectivity index (χ1v) is 5.58. The first-order valence-electron chi connectivity index (χ1n) is 5.58. The molecule has 1 saturated heterocycles. The first kappa shape index (κ1) is 11.2. The van der Waals surface area contributed by atoms with Crippen LogP contribution in [0.3, 0.4) is 0 Å². The Hall–Kier alpha value is -1.29. The molecule has 0 spiro atoms. The molecule has 0 saturated carbocycles. The molecule has 0 bridgehead atoms. The fourth-order valence-corrected chi connectivity index (χ4v) is 2.14. The van der Waals surface area contributed by atoms with Crippen LogP contribution in [0, 0.1) is 12.8 Å². The lowest BCUT2D eigenvalue weighted by Gasteiger charge is -2.22. The van der Waals surface area contributed by atoms with Gasteiger partial charge in [0.1, 0.15) is 11.5 Å². The van der Waals surface area contributed by atoms with Crippen LogP contribution in [0.5, 0.6) is 0 Å². The highest BCUT2D eigenvalue weighted by atomic mass is 16.3. The van der Waals surface area contributed by atoms with Crippen molar-refractivity contribution in [3.05, 3.63) is 23.7 Å². The van der Waals surface area contributed by atoms with E-state index in [0.717, 1.165) is 11.5 Å². The standard InChI is InChI=1S/C12H17NO3/c1-8-3-4-11(16-8)9(2)13-6-10(7-14)5-12(13)15/h3-4,9-10,14H,5-7H2,1-2H3. The first-order chi connectivity index (χ1) is 7.61. The molecule has 4 heteroatoms. The monoisotopic (exact) mass is 223 g/mol. The number of amides is 1. The van der Waals surface area contributed by atoms with Crippen molar-refractivity contribution < 1.29 is 14.3 Å². The van der Waals surface area contributed by atoms with E-state index in [1.165, 1.54) is 0 Å². The summed E-state index contributed by atoms with van der Waals surface area (Å²) in [7, 11) is 0. The summed E-state index contributed by atoms with van der Waals surface area (Å²) in [5.41, 5.74) is 0. The molecule has 2 heterocycles. The molecule has 0 aromatic carbocycles. The van der Waals surface area contributed by atoms with Crippen molar-refractivity contribution >= 4 is 5.91 Å². The highest BCUT2D eigenvalue weighted by Gasteiger charge is 2.33. The van der Waals surface area contributed by atoms with E-state index in [-0.39, 0.29) is 24.5 Å². The van der Waals surface area contributed by atoms with Crippen molar-refractivity contribution in [2.75, 3.05) is 13.2 Å². The lowest BCUT2D eigenvalue weighted by atomic mass is 10.1. The van der Waals surface area contributed by atoms with Gasteiger partial charge in [-0.2, -0.15) is 0 Å². The van der Waals surface area contributed by atoms with Crippen LogP contribution < -0.4 is 0 Å². The van der Waals surface area contributed by atoms with E-state index in [1.807, 2.05) is 26.0 Å². The summed E-state index contributed by atoms with van der Waals surface area (Å²) in [5, 5.41) is 9.06. The highest BCUT2D eigenvalue weighted by molar-refractivity contribution is 5.79. The van der Waals surface area contributed by atoms with E-state index in [1.54, 1.807) is 4.90 Å². The van der Waals surface area contributed by atoms with Crippen molar-refractivity contribution in [1.29, 1.82) is 0 Å². The molecule has 0 aliphatic carbocycles. The Morgan fingerprint density at radius 1 is 1.62 bits per heavy atom. The zero-order valence-electron chi connectivity index (χ0n) is 9.64. The summed E-state index contributed by atoms with van der Waals surface area (Å²) in [5.74, 6) is 1.84. The molecule has 2 atom stereocenters. The number of hydrogen-bond acceptors (Lipinski definition) is 3. The number of rotatable bonds is 3. The third-order valence-electron chi connectivity index (χ3n) is 3.14. The molecule has 0 radical (unpaired) electrons. The van der Waals surface area contributed by atoms with E-state index >= 15 is 0 Å². The minimum absolute atomic E-state index is 0.0438. The van der Waals surface area contributed by atoms with Gasteiger partial charge in [0.2, 0.25) is 5.91 Å². The van der Waals surface area contributed by atoms with E-state index < -0.39 is 0 Å². The third-order valence-corrected chi connectivity index (χ3v) is 3.14. The average Bonchev–Trinajstić information content (AvgIpc) is 2.83. The van der Waals surface area contributed by atoms with Crippen LogP contribution in [0.1, 0.15) is 30.9 Å². The number of aliphatic hydroxyl groups is 1. The normalized spacial score (nSPS) is 22.8. The Balaban J connectivity index is 2.10. The molecule has 1 N–H and O–H groups in total. The second-order valence-corrected chi connectivity index (χ2v) is 4.42. The predicted octanol–water partition coefficient (Wildman–Crippen LogP) is 1.49. The number of furan rings is 1. The van der Waals surface area contributed by atoms with Crippen LogP contribution >= 0.6 is 0 Å². The summed E-state index contributed by atoms with van der Waals surface area (Å²) in [6, 6.07) is 3.76. The van der Waals surface area contributed by atoms with Gasteiger partial charge in [-0.1, -0.05) is 0 Å². The van der Waals surface area contributed by atoms with Gasteiger partial charge in [-0.25, -0.2) is 0 Å². The molecule has 2 rings (SSSR count). The molecule has 1 fully saturated rings. The zero-order valence-corrected chi connectivity index (χ0v) is 9.64. The summed E-state index contributed by atoms with van der Waals surface area (Å²) < 4.78 is 5.52. The van der Waals surface area contributed by atoms with Gasteiger partial charge in [0.05, 0.1) is 6.04 Å². The average molecular weight is 223 g/mol. The van der Waals surface area contributed by atoms with Gasteiger partial charge in [-0.05, 0) is 26.0 Å². The van der Waals surface area contributed by atoms with Gasteiger partial charge in [-0.3, -0.25) is 4.79 Å². The number of likely N-dealkylation sites (tertiary alicyclic amines) is 1. The van der Waals surface area contributed by atoms with Gasteiger partial charge in [-0.15, -0.1) is 0 Å². The van der Waals surface area contributed by atoms with Crippen molar-refractivity contribution in [2.24, 2.45) is 5.92 Å². The largest absolute Gasteiger partial charge is 0.464 e. The van der Waals surface area contributed by atoms with E-state index in [0.29, 0.717) is 13.0 Å². The number of carbonyl (C=O) groups excluding carboxylic acids is 1. The van der Waals surface area contributed by atoms with Crippen molar-refractivity contribution in [3.8, 4) is 0 Å². The van der Waals surface area contributed by atoms with Crippen LogP contribution in [0.4, 0.5) is 0 Å². The lowest BCUT2D eigenvalue weighted by Crippen LogP contribution is -2.28. The molecule has 4 nitrogen and oxygen atoms in total. The van der Waals surface area contributed by atoms with Gasteiger partial charge in [0.25, 0.3) is 0 Å². The van der Waals surface area contributed by atoms with Crippen molar-refractivity contribution in [3.63, 3.8) is 0 Å². The van der Waals surface area contributed by atoms with E-state index in [4.69, 9.17) is 9.52 Å². The summed E-state index contributed by atoms with van der Waals surface area (Å²) in [4.78, 5) is 13.5. The van der Waals surface area contributed by atoms with Crippen LogP contribution in [0.2, 0.25) is 0 Å². The van der Waals surface area contributed by atoms with E-state index in [2.05, 4.69) is 0 Å². The maximum atomic E-state index is 11.7. The zero-order chi connectivity index (χ0) is 11.7. The molecular weight excluding hydrogens is 206 g/mol. The molecule has 2 unspecified atom stereocenters. The van der Waals surface area contributed by atoms with Gasteiger partial charge < -0.3 is 14.4 Å². The smallest absolute Gasteiger partial charge is 0.223 e. The van der Waals surface area contributed by atoms with Crippen LogP contribution in [-0.4, -0.2) is 29.1 Å². The fourth-order valence-electron chi connectivity index (χ4n) is 2.14. The second-order valence-electron chi connectivity index (χ2n) is 4.42. The lowest BCUT2D eigenvalue weighted by molar-refractivity contribution is -0.129. The molecule has 1 amide bonds. The fraction of sp³-hybridized carbons (Fsp3) is 0.583. The van der Waals surface area contributed by atoms with Crippen LogP contribution in [0.25, 0.3) is 0 Å². The third kappa shape index (κ3) is 1.97. The quantitative estimate of drug-likeness (QED) is 0.844. The molecule has 1 aromatic rings. The summed E-state index contributed by atoms with van der Waals surface area (Å²) in [6.45, 7) is 4.54. The van der Waals surface area contributed by atoms with Gasteiger partial charge in [0, 0.05) is 25.5 Å². The molecule has 1 aliphatic heterocycles. The summed E-state index contributed by atoms with van der Waals surface area (Å²) >= 11 is 0. The second kappa shape index (κ2) is 4.29. The molecule has 1 aromatic heterocycles. The maximum absolute atomic E-state index is 11.7. The van der Waals surface area contributed by atoms with Crippen LogP contribution in [-0.2, 0) is 4.79 Å². The predicted molar refractivity (Wildman–Crippen MR) is 58.8 cm³/mol. The SMILES string of the molecule is Cc1ccc(C(C)N2CC(CO)CC2=O)o1. The minimum Gasteiger partial charge on any atom is -0.464 e. The van der Waals surface area contributed by atoms with Crippen LogP contribution in [0.15, 0.2) is 16.5 Å². The molecule has 1 aliphatic rings. The Bertz CT molecular complexity index is 385. The Morgan fingerprint density at radius 2 is 2.38 bits per heavy atom. The van der Waals surface area contributed by atoms with Gasteiger partial charge in [0.15, 0.2) is 0 Å². The molecule has 16 heavy (non-hydrogen) atoms. The number of aryl methyl sites for hydroxylation is 1. The number of hydrogen-bond donors (Lipinski definition) is 1. The Kier molecular flexibility index (Phi) is 3.01. The minimum atomic E-state index is -0.0438. The Morgan fingerprint density at radius 3 is 2.88 bits per heavy atom. The van der Waals surface area contributed by atoms with E-state index in [9.17, 15) is 4.79 Å². The van der Waals surface area contributed by atoms with Crippen molar-refractivity contribution in [1.82, 2.24) is 4.90 Å². The summed E-state index contributed by atoms with van der Waals surface area (Å²) in [6.07, 6.45) is 0.445. The number of carbonyl (C=O) groups is 1. The van der Waals surface area contributed by atoms with Gasteiger partial charge >= 0.3 is 0 Å². The highest BCUT2D eigenvalue weighted by Crippen LogP contribution is 2.29. The molecular formula is C12H17NO3. The number of nitrogens with zero attached hydrogens (tertiary/aromatic N) is 1. The maximum Gasteiger partial charge on any atom is 0.223 e. The topological polar surface area (TPSA) is 53.7 Å². The number of aliphatic hydroxyl groups excluding tert-OH is 1. The Labute approximate surface area is 94.9 Å².